The molecule has 1 saturated heterocycles. The van der Waals surface area contributed by atoms with Crippen molar-refractivity contribution in [3.05, 3.63) is 34.6 Å². The van der Waals surface area contributed by atoms with Gasteiger partial charge in [-0.3, -0.25) is 0 Å². The first-order chi connectivity index (χ1) is 8.16. The molecule has 17 heavy (non-hydrogen) atoms. The Morgan fingerprint density at radius 3 is 3.00 bits per heavy atom. The maximum Gasteiger partial charge on any atom is 0.126 e. The standard InChI is InChI=1S/C12H14ClFOS2/c13-9-1-2-10(14)8(5-9)6-11(15)12-7-16-3-4-17-12/h1-2,5,11-12,15H,3-4,6-7H2. The van der Waals surface area contributed by atoms with Crippen molar-refractivity contribution in [2.75, 3.05) is 17.3 Å². The molecule has 1 aromatic rings. The van der Waals surface area contributed by atoms with Crippen molar-refractivity contribution in [1.29, 1.82) is 0 Å². The van der Waals surface area contributed by atoms with Gasteiger partial charge in [-0.2, -0.15) is 23.5 Å². The smallest absolute Gasteiger partial charge is 0.126 e. The van der Waals surface area contributed by atoms with E-state index in [-0.39, 0.29) is 11.1 Å². The summed E-state index contributed by atoms with van der Waals surface area (Å²) >= 11 is 9.45. The Morgan fingerprint density at radius 2 is 2.29 bits per heavy atom. The molecule has 5 heteroatoms. The van der Waals surface area contributed by atoms with Gasteiger partial charge >= 0.3 is 0 Å². The second-order valence-electron chi connectivity index (χ2n) is 3.99. The highest BCUT2D eigenvalue weighted by Gasteiger charge is 2.23. The number of thioether (sulfide) groups is 2. The molecular weight excluding hydrogens is 279 g/mol. The third-order valence-corrected chi connectivity index (χ3v) is 5.85. The zero-order valence-electron chi connectivity index (χ0n) is 9.23. The third-order valence-electron chi connectivity index (χ3n) is 2.71. The Hall–Kier alpha value is 0.1000. The molecule has 0 radical (unpaired) electrons. The molecule has 0 aliphatic carbocycles. The van der Waals surface area contributed by atoms with Crippen LogP contribution in [0.4, 0.5) is 4.39 Å². The van der Waals surface area contributed by atoms with E-state index in [1.54, 1.807) is 17.8 Å². The van der Waals surface area contributed by atoms with Crippen LogP contribution in [0.2, 0.25) is 5.02 Å². The van der Waals surface area contributed by atoms with Crippen LogP contribution < -0.4 is 0 Å². The van der Waals surface area contributed by atoms with E-state index >= 15 is 0 Å². The minimum atomic E-state index is -0.499. The summed E-state index contributed by atoms with van der Waals surface area (Å²) in [5.41, 5.74) is 0.501. The first-order valence-electron chi connectivity index (χ1n) is 5.48. The van der Waals surface area contributed by atoms with Crippen molar-refractivity contribution in [2.24, 2.45) is 0 Å². The monoisotopic (exact) mass is 292 g/mol. The van der Waals surface area contributed by atoms with Crippen LogP contribution in [-0.4, -0.2) is 33.7 Å². The van der Waals surface area contributed by atoms with Gasteiger partial charge in [0.25, 0.3) is 0 Å². The van der Waals surface area contributed by atoms with Gasteiger partial charge in [-0.25, -0.2) is 4.39 Å². The molecule has 1 heterocycles. The molecule has 2 unspecified atom stereocenters. The van der Waals surface area contributed by atoms with Gasteiger partial charge in [-0.1, -0.05) is 11.6 Å². The lowest BCUT2D eigenvalue weighted by Crippen LogP contribution is -2.30. The fraction of sp³-hybridized carbons (Fsp3) is 0.500. The average molecular weight is 293 g/mol. The molecule has 1 fully saturated rings. The average Bonchev–Trinajstić information content (AvgIpc) is 2.35. The highest BCUT2D eigenvalue weighted by molar-refractivity contribution is 8.06. The number of hydrogen-bond donors (Lipinski definition) is 1. The molecule has 0 spiro atoms. The van der Waals surface area contributed by atoms with E-state index in [0.717, 1.165) is 17.3 Å². The van der Waals surface area contributed by atoms with Gasteiger partial charge in [-0.05, 0) is 23.8 Å². The molecule has 0 amide bonds. The van der Waals surface area contributed by atoms with Crippen LogP contribution in [0.1, 0.15) is 5.56 Å². The lowest BCUT2D eigenvalue weighted by Gasteiger charge is -2.26. The molecular formula is C12H14ClFOS2. The summed E-state index contributed by atoms with van der Waals surface area (Å²) in [6.07, 6.45) is -0.161. The Kier molecular flexibility index (Phi) is 5.03. The van der Waals surface area contributed by atoms with Crippen molar-refractivity contribution >= 4 is 35.1 Å². The topological polar surface area (TPSA) is 20.2 Å². The fourth-order valence-corrected chi connectivity index (χ4v) is 4.75. The van der Waals surface area contributed by atoms with Crippen LogP contribution in [0, 0.1) is 5.82 Å². The van der Waals surface area contributed by atoms with E-state index in [1.807, 2.05) is 11.8 Å². The molecule has 94 valence electrons. The van der Waals surface area contributed by atoms with Gasteiger partial charge < -0.3 is 5.11 Å². The van der Waals surface area contributed by atoms with E-state index in [1.165, 1.54) is 12.1 Å². The van der Waals surface area contributed by atoms with Gasteiger partial charge in [0.1, 0.15) is 5.82 Å². The summed E-state index contributed by atoms with van der Waals surface area (Å²) in [4.78, 5) is 0. The highest BCUT2D eigenvalue weighted by Crippen LogP contribution is 2.28. The molecule has 1 aliphatic heterocycles. The Labute approximate surface area is 114 Å². The van der Waals surface area contributed by atoms with Gasteiger partial charge in [0.05, 0.1) is 6.10 Å². The van der Waals surface area contributed by atoms with E-state index in [0.29, 0.717) is 17.0 Å². The van der Waals surface area contributed by atoms with Gasteiger partial charge in [-0.15, -0.1) is 0 Å². The van der Waals surface area contributed by atoms with Crippen molar-refractivity contribution < 1.29 is 9.50 Å². The Morgan fingerprint density at radius 1 is 1.47 bits per heavy atom. The molecule has 1 nitrogen and oxygen atoms in total. The maximum atomic E-state index is 13.5. The van der Waals surface area contributed by atoms with Gasteiger partial charge in [0.15, 0.2) is 0 Å². The summed E-state index contributed by atoms with van der Waals surface area (Å²) in [5, 5.41) is 10.8. The van der Waals surface area contributed by atoms with Crippen molar-refractivity contribution in [1.82, 2.24) is 0 Å². The minimum Gasteiger partial charge on any atom is -0.392 e. The van der Waals surface area contributed by atoms with E-state index < -0.39 is 6.10 Å². The number of rotatable bonds is 3. The molecule has 1 aromatic carbocycles. The van der Waals surface area contributed by atoms with Crippen molar-refractivity contribution in [3.63, 3.8) is 0 Å². The normalized spacial score (nSPS) is 22.4. The first-order valence-corrected chi connectivity index (χ1v) is 8.06. The number of aliphatic hydroxyl groups is 1. The number of benzene rings is 1. The summed E-state index contributed by atoms with van der Waals surface area (Å²) in [5.74, 6) is 2.85. The van der Waals surface area contributed by atoms with Gasteiger partial charge in [0.2, 0.25) is 0 Å². The lowest BCUT2D eigenvalue weighted by atomic mass is 10.1. The van der Waals surface area contributed by atoms with E-state index in [2.05, 4.69) is 0 Å². The van der Waals surface area contributed by atoms with Crippen LogP contribution in [0.25, 0.3) is 0 Å². The van der Waals surface area contributed by atoms with E-state index in [9.17, 15) is 9.50 Å². The number of halogens is 2. The summed E-state index contributed by atoms with van der Waals surface area (Å²) < 4.78 is 13.5. The molecule has 0 bridgehead atoms. The Bertz CT molecular complexity index is 383. The van der Waals surface area contributed by atoms with Crippen LogP contribution in [-0.2, 0) is 6.42 Å². The fourth-order valence-electron chi connectivity index (χ4n) is 1.78. The molecule has 0 saturated carbocycles. The first kappa shape index (κ1) is 13.5. The molecule has 0 aromatic heterocycles. The zero-order chi connectivity index (χ0) is 12.3. The largest absolute Gasteiger partial charge is 0.392 e. The van der Waals surface area contributed by atoms with Crippen LogP contribution in [0.3, 0.4) is 0 Å². The second kappa shape index (κ2) is 6.32. The lowest BCUT2D eigenvalue weighted by molar-refractivity contribution is 0.176. The predicted octanol–water partition coefficient (Wildman–Crippen LogP) is 3.23. The zero-order valence-corrected chi connectivity index (χ0v) is 11.6. The van der Waals surface area contributed by atoms with Crippen LogP contribution >= 0.6 is 35.1 Å². The van der Waals surface area contributed by atoms with Crippen LogP contribution in [0.15, 0.2) is 18.2 Å². The number of aliphatic hydroxyl groups excluding tert-OH is 1. The van der Waals surface area contributed by atoms with E-state index in [4.69, 9.17) is 11.6 Å². The van der Waals surface area contributed by atoms with Crippen molar-refractivity contribution in [2.45, 2.75) is 17.8 Å². The summed E-state index contributed by atoms with van der Waals surface area (Å²) in [6, 6.07) is 4.48. The molecule has 1 aliphatic rings. The SMILES string of the molecule is OC(Cc1cc(Cl)ccc1F)C1CSCCS1. The summed E-state index contributed by atoms with van der Waals surface area (Å²) in [7, 11) is 0. The predicted molar refractivity (Wildman–Crippen MR) is 74.7 cm³/mol. The molecule has 2 rings (SSSR count). The van der Waals surface area contributed by atoms with Crippen LogP contribution in [0.5, 0.6) is 0 Å². The third kappa shape index (κ3) is 3.78. The maximum absolute atomic E-state index is 13.5. The quantitative estimate of drug-likeness (QED) is 0.924. The number of hydrogen-bond acceptors (Lipinski definition) is 3. The minimum absolute atomic E-state index is 0.201. The highest BCUT2D eigenvalue weighted by atomic mass is 35.5. The molecule has 2 atom stereocenters. The second-order valence-corrected chi connectivity index (χ2v) is 6.92. The van der Waals surface area contributed by atoms with Gasteiger partial charge in [0, 0.05) is 34.0 Å². The molecule has 1 N–H and O–H groups in total. The summed E-state index contributed by atoms with van der Waals surface area (Å²) in [6.45, 7) is 0. The van der Waals surface area contributed by atoms with Crippen molar-refractivity contribution in [3.8, 4) is 0 Å². The Balaban J connectivity index is 2.01.